The van der Waals surface area contributed by atoms with Crippen LogP contribution in [-0.4, -0.2) is 11.0 Å². The fourth-order valence-electron chi connectivity index (χ4n) is 2.40. The van der Waals surface area contributed by atoms with E-state index in [0.717, 1.165) is 28.5 Å². The van der Waals surface area contributed by atoms with Crippen LogP contribution in [0.5, 0.6) is 0 Å². The molecule has 1 fully saturated rings. The monoisotopic (exact) mass is 282 g/mol. The van der Waals surface area contributed by atoms with Gasteiger partial charge in [0.25, 0.3) is 0 Å². The van der Waals surface area contributed by atoms with Crippen LogP contribution >= 0.6 is 15.9 Å². The van der Waals surface area contributed by atoms with Crippen molar-refractivity contribution in [2.24, 2.45) is 11.8 Å². The number of aromatic nitrogens is 1. The SMILES string of the molecule is CC1CCC(NCc2ccc(Br)cn2)C1C. The molecule has 0 aromatic carbocycles. The lowest BCUT2D eigenvalue weighted by Crippen LogP contribution is -2.32. The number of hydrogen-bond acceptors (Lipinski definition) is 2. The molecule has 1 aliphatic carbocycles. The zero-order chi connectivity index (χ0) is 11.5. The van der Waals surface area contributed by atoms with Gasteiger partial charge < -0.3 is 5.32 Å². The molecule has 1 N–H and O–H groups in total. The van der Waals surface area contributed by atoms with Crippen molar-refractivity contribution in [1.29, 1.82) is 0 Å². The molecule has 0 saturated heterocycles. The van der Waals surface area contributed by atoms with Crippen LogP contribution in [0.1, 0.15) is 32.4 Å². The zero-order valence-corrected chi connectivity index (χ0v) is 11.5. The quantitative estimate of drug-likeness (QED) is 0.920. The molecule has 0 amide bonds. The molecule has 1 aromatic rings. The largest absolute Gasteiger partial charge is 0.308 e. The number of nitrogens with one attached hydrogen (secondary N) is 1. The Bertz CT molecular complexity index is 336. The van der Waals surface area contributed by atoms with Crippen LogP contribution in [0, 0.1) is 11.8 Å². The Morgan fingerprint density at radius 1 is 1.38 bits per heavy atom. The van der Waals surface area contributed by atoms with E-state index in [9.17, 15) is 0 Å². The molecule has 2 nitrogen and oxygen atoms in total. The van der Waals surface area contributed by atoms with Gasteiger partial charge in [0, 0.05) is 23.3 Å². The van der Waals surface area contributed by atoms with Gasteiger partial charge in [-0.25, -0.2) is 0 Å². The third-order valence-electron chi connectivity index (χ3n) is 3.80. The number of rotatable bonds is 3. The highest BCUT2D eigenvalue weighted by atomic mass is 79.9. The fraction of sp³-hybridized carbons (Fsp3) is 0.615. The maximum atomic E-state index is 4.37. The predicted octanol–water partition coefficient (Wildman–Crippen LogP) is 3.37. The molecule has 1 aliphatic rings. The van der Waals surface area contributed by atoms with Crippen molar-refractivity contribution in [3.05, 3.63) is 28.5 Å². The first kappa shape index (κ1) is 12.1. The van der Waals surface area contributed by atoms with Crippen molar-refractivity contribution in [2.45, 2.75) is 39.3 Å². The molecule has 88 valence electrons. The van der Waals surface area contributed by atoms with Gasteiger partial charge in [-0.2, -0.15) is 0 Å². The minimum Gasteiger partial charge on any atom is -0.308 e. The maximum absolute atomic E-state index is 4.37. The normalized spacial score (nSPS) is 29.6. The molecule has 1 aromatic heterocycles. The Kier molecular flexibility index (Phi) is 3.98. The Morgan fingerprint density at radius 2 is 2.19 bits per heavy atom. The molecule has 16 heavy (non-hydrogen) atoms. The summed E-state index contributed by atoms with van der Waals surface area (Å²) in [5, 5.41) is 3.62. The summed E-state index contributed by atoms with van der Waals surface area (Å²) in [6, 6.07) is 4.78. The van der Waals surface area contributed by atoms with E-state index in [4.69, 9.17) is 0 Å². The molecule has 0 spiro atoms. The van der Waals surface area contributed by atoms with Crippen molar-refractivity contribution in [2.75, 3.05) is 0 Å². The van der Waals surface area contributed by atoms with Crippen LogP contribution in [-0.2, 0) is 6.54 Å². The van der Waals surface area contributed by atoms with Crippen molar-refractivity contribution in [3.63, 3.8) is 0 Å². The van der Waals surface area contributed by atoms with E-state index in [2.05, 4.69) is 46.1 Å². The second kappa shape index (κ2) is 5.28. The summed E-state index contributed by atoms with van der Waals surface area (Å²) < 4.78 is 1.04. The first-order valence-electron chi connectivity index (χ1n) is 6.00. The predicted molar refractivity (Wildman–Crippen MR) is 70.1 cm³/mol. The molecule has 0 bridgehead atoms. The van der Waals surface area contributed by atoms with Crippen molar-refractivity contribution < 1.29 is 0 Å². The summed E-state index contributed by atoms with van der Waals surface area (Å²) >= 11 is 3.40. The summed E-state index contributed by atoms with van der Waals surface area (Å²) in [5.41, 5.74) is 1.12. The molecule has 1 saturated carbocycles. The van der Waals surface area contributed by atoms with Gasteiger partial charge in [-0.15, -0.1) is 0 Å². The van der Waals surface area contributed by atoms with E-state index in [1.807, 2.05) is 12.3 Å². The van der Waals surface area contributed by atoms with Gasteiger partial charge in [-0.3, -0.25) is 4.98 Å². The van der Waals surface area contributed by atoms with Crippen molar-refractivity contribution in [1.82, 2.24) is 10.3 Å². The molecule has 3 heteroatoms. The third-order valence-corrected chi connectivity index (χ3v) is 4.27. The summed E-state index contributed by atoms with van der Waals surface area (Å²) in [6.45, 7) is 5.59. The lowest BCUT2D eigenvalue weighted by molar-refractivity contribution is 0.368. The van der Waals surface area contributed by atoms with Crippen LogP contribution in [0.3, 0.4) is 0 Å². The van der Waals surface area contributed by atoms with E-state index >= 15 is 0 Å². The highest BCUT2D eigenvalue weighted by molar-refractivity contribution is 9.10. The average molecular weight is 283 g/mol. The van der Waals surface area contributed by atoms with E-state index < -0.39 is 0 Å². The minimum atomic E-state index is 0.667. The Hall–Kier alpha value is -0.410. The van der Waals surface area contributed by atoms with Crippen LogP contribution < -0.4 is 5.32 Å². The highest BCUT2D eigenvalue weighted by Gasteiger charge is 2.28. The topological polar surface area (TPSA) is 24.9 Å². The van der Waals surface area contributed by atoms with E-state index in [1.165, 1.54) is 12.8 Å². The second-order valence-corrected chi connectivity index (χ2v) is 5.78. The summed E-state index contributed by atoms with van der Waals surface area (Å²) in [6.07, 6.45) is 4.52. The van der Waals surface area contributed by atoms with Crippen LogP contribution in [0.2, 0.25) is 0 Å². The lowest BCUT2D eigenvalue weighted by Gasteiger charge is -2.19. The number of halogens is 1. The summed E-state index contributed by atoms with van der Waals surface area (Å²) in [7, 11) is 0. The van der Waals surface area contributed by atoms with Gasteiger partial charge in [0.05, 0.1) is 5.69 Å². The second-order valence-electron chi connectivity index (χ2n) is 4.87. The smallest absolute Gasteiger partial charge is 0.0542 e. The molecule has 3 atom stereocenters. The van der Waals surface area contributed by atoms with Crippen LogP contribution in [0.15, 0.2) is 22.8 Å². The first-order chi connectivity index (χ1) is 7.66. The minimum absolute atomic E-state index is 0.667. The van der Waals surface area contributed by atoms with Gasteiger partial charge in [-0.05, 0) is 52.7 Å². The lowest BCUT2D eigenvalue weighted by atomic mass is 9.98. The number of pyridine rings is 1. The highest BCUT2D eigenvalue weighted by Crippen LogP contribution is 2.31. The van der Waals surface area contributed by atoms with Crippen molar-refractivity contribution >= 4 is 15.9 Å². The molecule has 1 heterocycles. The van der Waals surface area contributed by atoms with Crippen molar-refractivity contribution in [3.8, 4) is 0 Å². The molecule has 0 radical (unpaired) electrons. The Balaban J connectivity index is 1.86. The molecule has 3 unspecified atom stereocenters. The van der Waals surface area contributed by atoms with Gasteiger partial charge in [0.2, 0.25) is 0 Å². The van der Waals surface area contributed by atoms with Gasteiger partial charge in [0.1, 0.15) is 0 Å². The standard InChI is InChI=1S/C13H19BrN2/c1-9-3-6-13(10(9)2)16-8-12-5-4-11(14)7-15-12/h4-5,7,9-10,13,16H,3,6,8H2,1-2H3. The van der Waals surface area contributed by atoms with E-state index in [1.54, 1.807) is 0 Å². The Labute approximate surface area is 106 Å². The van der Waals surface area contributed by atoms with Gasteiger partial charge >= 0.3 is 0 Å². The maximum Gasteiger partial charge on any atom is 0.0542 e. The fourth-order valence-corrected chi connectivity index (χ4v) is 2.63. The zero-order valence-electron chi connectivity index (χ0n) is 9.91. The summed E-state index contributed by atoms with van der Waals surface area (Å²) in [5.74, 6) is 1.64. The molecule has 0 aliphatic heterocycles. The van der Waals surface area contributed by atoms with E-state index in [0.29, 0.717) is 6.04 Å². The van der Waals surface area contributed by atoms with E-state index in [-0.39, 0.29) is 0 Å². The van der Waals surface area contributed by atoms with Crippen LogP contribution in [0.4, 0.5) is 0 Å². The molecule has 2 rings (SSSR count). The average Bonchev–Trinajstić information content (AvgIpc) is 2.60. The third kappa shape index (κ3) is 2.83. The Morgan fingerprint density at radius 3 is 2.75 bits per heavy atom. The molecular weight excluding hydrogens is 264 g/mol. The number of nitrogens with zero attached hydrogens (tertiary/aromatic N) is 1. The van der Waals surface area contributed by atoms with Crippen LogP contribution in [0.25, 0.3) is 0 Å². The van der Waals surface area contributed by atoms with Gasteiger partial charge in [0.15, 0.2) is 0 Å². The number of hydrogen-bond donors (Lipinski definition) is 1. The summed E-state index contributed by atoms with van der Waals surface area (Å²) in [4.78, 5) is 4.37. The van der Waals surface area contributed by atoms with Gasteiger partial charge in [-0.1, -0.05) is 13.8 Å². The first-order valence-corrected chi connectivity index (χ1v) is 6.80. The molecular formula is C13H19BrN2.